The molecule has 1 unspecified atom stereocenters. The molecular formula is C22H25N5O2S2. The largest absolute Gasteiger partial charge is 0.358 e. The Balaban J connectivity index is 1.52. The van der Waals surface area contributed by atoms with Crippen LogP contribution in [-0.2, 0) is 10.0 Å². The molecule has 3 N–H and O–H groups in total. The van der Waals surface area contributed by atoms with Crippen molar-refractivity contribution in [1.82, 2.24) is 14.6 Å². The maximum Gasteiger partial charge on any atom is 0.261 e. The Morgan fingerprint density at radius 2 is 2.03 bits per heavy atom. The van der Waals surface area contributed by atoms with E-state index in [-0.39, 0.29) is 4.90 Å². The van der Waals surface area contributed by atoms with Gasteiger partial charge in [-0.1, -0.05) is 13.0 Å². The van der Waals surface area contributed by atoms with E-state index in [1.54, 1.807) is 36.3 Å². The summed E-state index contributed by atoms with van der Waals surface area (Å²) in [7, 11) is -3.76. The van der Waals surface area contributed by atoms with E-state index in [0.717, 1.165) is 41.9 Å². The maximum absolute atomic E-state index is 13.0. The lowest BCUT2D eigenvalue weighted by atomic mass is 10.1. The highest BCUT2D eigenvalue weighted by Gasteiger charge is 2.20. The van der Waals surface area contributed by atoms with Crippen molar-refractivity contribution in [2.75, 3.05) is 24.4 Å². The number of aromatic amines is 1. The lowest BCUT2D eigenvalue weighted by Gasteiger charge is -2.32. The summed E-state index contributed by atoms with van der Waals surface area (Å²) in [4.78, 5) is 4.23. The second kappa shape index (κ2) is 8.93. The molecule has 162 valence electrons. The molecule has 1 saturated heterocycles. The molecule has 4 rings (SSSR count). The molecule has 2 heterocycles. The van der Waals surface area contributed by atoms with Crippen LogP contribution in [0.3, 0.4) is 0 Å². The number of nitriles is 1. The molecule has 0 amide bonds. The van der Waals surface area contributed by atoms with Gasteiger partial charge in [-0.15, -0.1) is 0 Å². The number of hydrogen-bond donors (Lipinski definition) is 3. The summed E-state index contributed by atoms with van der Waals surface area (Å²) in [5.41, 5.74) is 2.44. The lowest BCUT2D eigenvalue weighted by Crippen LogP contribution is -2.47. The summed E-state index contributed by atoms with van der Waals surface area (Å²) in [6.07, 6.45) is 2.68. The number of nitrogens with one attached hydrogen (secondary N) is 3. The summed E-state index contributed by atoms with van der Waals surface area (Å²) in [5, 5.41) is 13.5. The number of aryl methyl sites for hydroxylation is 1. The van der Waals surface area contributed by atoms with Gasteiger partial charge in [-0.05, 0) is 61.2 Å². The van der Waals surface area contributed by atoms with Gasteiger partial charge < -0.3 is 10.3 Å². The number of anilines is 1. The van der Waals surface area contributed by atoms with E-state index in [2.05, 4.69) is 32.3 Å². The van der Waals surface area contributed by atoms with E-state index in [9.17, 15) is 13.7 Å². The molecule has 0 radical (unpaired) electrons. The van der Waals surface area contributed by atoms with Gasteiger partial charge in [-0.3, -0.25) is 4.72 Å². The zero-order valence-corrected chi connectivity index (χ0v) is 19.1. The number of aromatic nitrogens is 1. The van der Waals surface area contributed by atoms with Gasteiger partial charge >= 0.3 is 0 Å². The third-order valence-electron chi connectivity index (χ3n) is 5.49. The summed E-state index contributed by atoms with van der Waals surface area (Å²) < 4.78 is 30.9. The van der Waals surface area contributed by atoms with Crippen molar-refractivity contribution >= 4 is 38.6 Å². The number of H-pyrrole nitrogens is 1. The molecule has 2 aromatic carbocycles. The van der Waals surface area contributed by atoms with Crippen LogP contribution in [0.2, 0.25) is 0 Å². The van der Waals surface area contributed by atoms with Gasteiger partial charge in [0.05, 0.1) is 21.7 Å². The Labute approximate surface area is 187 Å². The molecule has 1 aromatic heterocycles. The quantitative estimate of drug-likeness (QED) is 0.488. The number of nitrogens with zero attached hydrogens (tertiary/aromatic N) is 2. The van der Waals surface area contributed by atoms with Crippen molar-refractivity contribution < 1.29 is 8.42 Å². The minimum atomic E-state index is -3.76. The topological polar surface area (TPSA) is 101 Å². The number of benzene rings is 2. The highest BCUT2D eigenvalue weighted by atomic mass is 32.2. The molecule has 7 nitrogen and oxygen atoms in total. The molecule has 1 fully saturated rings. The molecule has 31 heavy (non-hydrogen) atoms. The van der Waals surface area contributed by atoms with Crippen molar-refractivity contribution in [2.45, 2.75) is 36.1 Å². The molecule has 1 aliphatic heterocycles. The molecule has 1 atom stereocenters. The number of fused-ring (bicyclic) bond motifs is 1. The van der Waals surface area contributed by atoms with Crippen LogP contribution in [0.4, 0.5) is 5.69 Å². The number of sulfonamides is 1. The van der Waals surface area contributed by atoms with Crippen LogP contribution in [0.25, 0.3) is 10.9 Å². The molecular weight excluding hydrogens is 430 g/mol. The van der Waals surface area contributed by atoms with Gasteiger partial charge in [0.15, 0.2) is 0 Å². The summed E-state index contributed by atoms with van der Waals surface area (Å²) in [5.74, 6) is 0. The summed E-state index contributed by atoms with van der Waals surface area (Å²) in [6, 6.07) is 13.1. The SMILES string of the molecule is CCC1CN(Sc2ccc(S(=O)(=O)Nc3ccc(C)c4c(C#N)c[nH]c34)cc2)CCN1. The second-order valence-corrected chi connectivity index (χ2v) is 10.5. The number of piperazine rings is 1. The van der Waals surface area contributed by atoms with Crippen LogP contribution >= 0.6 is 11.9 Å². The van der Waals surface area contributed by atoms with Crippen molar-refractivity contribution in [1.29, 1.82) is 5.26 Å². The van der Waals surface area contributed by atoms with E-state index in [1.165, 1.54) is 0 Å². The molecule has 9 heteroatoms. The fourth-order valence-corrected chi connectivity index (χ4v) is 5.84. The monoisotopic (exact) mass is 455 g/mol. The van der Waals surface area contributed by atoms with Crippen LogP contribution in [0.1, 0.15) is 24.5 Å². The summed E-state index contributed by atoms with van der Waals surface area (Å²) in [6.45, 7) is 6.95. The number of rotatable bonds is 6. The van der Waals surface area contributed by atoms with Crippen molar-refractivity contribution in [2.24, 2.45) is 0 Å². The first-order valence-corrected chi connectivity index (χ1v) is 12.5. The normalized spacial score (nSPS) is 17.5. The Morgan fingerprint density at radius 1 is 1.26 bits per heavy atom. The van der Waals surface area contributed by atoms with E-state index < -0.39 is 10.0 Å². The highest BCUT2D eigenvalue weighted by molar-refractivity contribution is 7.97. The van der Waals surface area contributed by atoms with E-state index >= 15 is 0 Å². The minimum Gasteiger partial charge on any atom is -0.358 e. The fraction of sp³-hybridized carbons (Fsp3) is 0.318. The standard InChI is InChI=1S/C22H25N5O2S2/c1-3-17-14-27(11-10-24-17)30-18-5-7-19(8-6-18)31(28,29)26-20-9-4-15(2)21-16(12-23)13-25-22(20)21/h4-9,13,17,24-26H,3,10-11,14H2,1-2H3. The van der Waals surface area contributed by atoms with Crippen molar-refractivity contribution in [3.63, 3.8) is 0 Å². The third-order valence-corrected chi connectivity index (χ3v) is 7.94. The van der Waals surface area contributed by atoms with Gasteiger partial charge in [0.25, 0.3) is 10.0 Å². The Kier molecular flexibility index (Phi) is 6.25. The molecule has 3 aromatic rings. The first-order valence-electron chi connectivity index (χ1n) is 10.2. The average Bonchev–Trinajstić information content (AvgIpc) is 3.22. The molecule has 0 bridgehead atoms. The first-order chi connectivity index (χ1) is 14.9. The second-order valence-electron chi connectivity index (χ2n) is 7.61. The van der Waals surface area contributed by atoms with Crippen molar-refractivity contribution in [3.8, 4) is 6.07 Å². The molecule has 1 aliphatic rings. The van der Waals surface area contributed by atoms with Crippen LogP contribution < -0.4 is 10.0 Å². The minimum absolute atomic E-state index is 0.199. The maximum atomic E-state index is 13.0. The summed E-state index contributed by atoms with van der Waals surface area (Å²) >= 11 is 1.66. The fourth-order valence-electron chi connectivity index (χ4n) is 3.78. The first kappa shape index (κ1) is 21.7. The van der Waals surface area contributed by atoms with Crippen LogP contribution in [0, 0.1) is 18.3 Å². The van der Waals surface area contributed by atoms with Crippen molar-refractivity contribution in [3.05, 3.63) is 53.7 Å². The zero-order chi connectivity index (χ0) is 22.0. The Bertz CT molecular complexity index is 1230. The zero-order valence-electron chi connectivity index (χ0n) is 17.5. The van der Waals surface area contributed by atoms with E-state index in [1.807, 2.05) is 25.1 Å². The van der Waals surface area contributed by atoms with Crippen LogP contribution in [-0.4, -0.2) is 43.4 Å². The number of hydrogen-bond acceptors (Lipinski definition) is 6. The van der Waals surface area contributed by atoms with Gasteiger partial charge in [-0.2, -0.15) is 5.26 Å². The van der Waals surface area contributed by atoms with Gasteiger partial charge in [0.2, 0.25) is 0 Å². The van der Waals surface area contributed by atoms with E-state index in [4.69, 9.17) is 0 Å². The third kappa shape index (κ3) is 4.57. The lowest BCUT2D eigenvalue weighted by molar-refractivity contribution is 0.315. The smallest absolute Gasteiger partial charge is 0.261 e. The molecule has 0 saturated carbocycles. The highest BCUT2D eigenvalue weighted by Crippen LogP contribution is 2.31. The Hall–Kier alpha value is -2.51. The predicted molar refractivity (Wildman–Crippen MR) is 125 cm³/mol. The van der Waals surface area contributed by atoms with Gasteiger partial charge in [0.1, 0.15) is 6.07 Å². The van der Waals surface area contributed by atoms with Crippen LogP contribution in [0.5, 0.6) is 0 Å². The van der Waals surface area contributed by atoms with E-state index in [0.29, 0.717) is 22.8 Å². The average molecular weight is 456 g/mol. The molecule has 0 spiro atoms. The van der Waals surface area contributed by atoms with Gasteiger partial charge in [0, 0.05) is 42.2 Å². The predicted octanol–water partition coefficient (Wildman–Crippen LogP) is 3.84. The van der Waals surface area contributed by atoms with Crippen LogP contribution in [0.15, 0.2) is 52.4 Å². The Morgan fingerprint density at radius 3 is 2.74 bits per heavy atom. The molecule has 0 aliphatic carbocycles. The van der Waals surface area contributed by atoms with Gasteiger partial charge in [-0.25, -0.2) is 12.7 Å².